The number of anilines is 1. The van der Waals surface area contributed by atoms with E-state index >= 15 is 0 Å². The maximum absolute atomic E-state index is 8.82. The number of para-hydroxylation sites is 1. The fraction of sp³-hybridized carbons (Fsp3) is 0.462. The van der Waals surface area contributed by atoms with Crippen LogP contribution in [0.1, 0.15) is 31.7 Å². The number of rotatable bonds is 2. The quantitative estimate of drug-likeness (QED) is 0.356. The highest BCUT2D eigenvalue weighted by atomic mass is 16.4. The summed E-state index contributed by atoms with van der Waals surface area (Å²) in [4.78, 5) is 2.34. The third-order valence-electron chi connectivity index (χ3n) is 3.40. The first kappa shape index (κ1) is 11.8. The monoisotopic (exact) mass is 233 g/mol. The number of benzene rings is 1. The summed E-state index contributed by atoms with van der Waals surface area (Å²) in [5, 5.41) is 11.9. The van der Waals surface area contributed by atoms with E-state index in [9.17, 15) is 0 Å². The molecule has 0 amide bonds. The van der Waals surface area contributed by atoms with Crippen LogP contribution in [-0.4, -0.2) is 23.6 Å². The number of nitrogens with zero attached hydrogens (tertiary/aromatic N) is 2. The second-order valence-electron chi connectivity index (χ2n) is 4.54. The van der Waals surface area contributed by atoms with Crippen molar-refractivity contribution in [1.29, 1.82) is 0 Å². The van der Waals surface area contributed by atoms with Gasteiger partial charge in [0, 0.05) is 23.8 Å². The molecule has 4 heteroatoms. The summed E-state index contributed by atoms with van der Waals surface area (Å²) in [5.41, 5.74) is 7.59. The molecule has 1 atom stereocenters. The van der Waals surface area contributed by atoms with Gasteiger partial charge in [0.2, 0.25) is 0 Å². The van der Waals surface area contributed by atoms with Crippen molar-refractivity contribution in [2.45, 2.75) is 32.2 Å². The Kier molecular flexibility index (Phi) is 3.52. The average molecular weight is 233 g/mol. The number of amidine groups is 1. The molecule has 0 aliphatic carbocycles. The van der Waals surface area contributed by atoms with Crippen LogP contribution in [0.15, 0.2) is 29.4 Å². The number of oxime groups is 1. The van der Waals surface area contributed by atoms with E-state index in [1.165, 1.54) is 19.3 Å². The van der Waals surface area contributed by atoms with Gasteiger partial charge in [0.15, 0.2) is 5.84 Å². The molecule has 1 heterocycles. The van der Waals surface area contributed by atoms with E-state index in [1.807, 2.05) is 24.3 Å². The van der Waals surface area contributed by atoms with Crippen molar-refractivity contribution in [1.82, 2.24) is 0 Å². The Morgan fingerprint density at radius 3 is 2.88 bits per heavy atom. The first-order valence-corrected chi connectivity index (χ1v) is 6.07. The smallest absolute Gasteiger partial charge is 0.172 e. The maximum Gasteiger partial charge on any atom is 0.172 e. The summed E-state index contributed by atoms with van der Waals surface area (Å²) in [6.07, 6.45) is 3.68. The van der Waals surface area contributed by atoms with Crippen molar-refractivity contribution in [2.75, 3.05) is 11.4 Å². The normalized spacial score (nSPS) is 21.6. The van der Waals surface area contributed by atoms with E-state index in [4.69, 9.17) is 10.9 Å². The van der Waals surface area contributed by atoms with Gasteiger partial charge in [-0.15, -0.1) is 0 Å². The van der Waals surface area contributed by atoms with Gasteiger partial charge in [-0.05, 0) is 38.3 Å². The summed E-state index contributed by atoms with van der Waals surface area (Å²) in [5.74, 6) is 0.179. The molecule has 1 aromatic carbocycles. The summed E-state index contributed by atoms with van der Waals surface area (Å²) < 4.78 is 0. The molecule has 0 saturated carbocycles. The Morgan fingerprint density at radius 1 is 1.41 bits per heavy atom. The Morgan fingerprint density at radius 2 is 2.18 bits per heavy atom. The van der Waals surface area contributed by atoms with Crippen LogP contribution >= 0.6 is 0 Å². The number of hydrogen-bond acceptors (Lipinski definition) is 3. The predicted octanol–water partition coefficient (Wildman–Crippen LogP) is 2.16. The molecular formula is C13H19N3O. The predicted molar refractivity (Wildman–Crippen MR) is 69.6 cm³/mol. The highest BCUT2D eigenvalue weighted by Gasteiger charge is 2.21. The summed E-state index contributed by atoms with van der Waals surface area (Å²) in [6, 6.07) is 8.34. The van der Waals surface area contributed by atoms with Gasteiger partial charge in [0.05, 0.1) is 0 Å². The molecule has 0 radical (unpaired) electrons. The molecule has 1 fully saturated rings. The maximum atomic E-state index is 8.82. The first-order chi connectivity index (χ1) is 8.24. The van der Waals surface area contributed by atoms with E-state index < -0.39 is 0 Å². The van der Waals surface area contributed by atoms with Gasteiger partial charge in [-0.2, -0.15) is 0 Å². The second kappa shape index (κ2) is 5.08. The van der Waals surface area contributed by atoms with Crippen LogP contribution in [0.4, 0.5) is 5.69 Å². The van der Waals surface area contributed by atoms with Crippen molar-refractivity contribution in [3.63, 3.8) is 0 Å². The molecule has 0 aromatic heterocycles. The fourth-order valence-electron chi connectivity index (χ4n) is 2.45. The Labute approximate surface area is 102 Å². The number of nitrogens with two attached hydrogens (primary N) is 1. The lowest BCUT2D eigenvalue weighted by Gasteiger charge is -2.36. The van der Waals surface area contributed by atoms with Crippen LogP contribution in [0.25, 0.3) is 0 Å². The van der Waals surface area contributed by atoms with Gasteiger partial charge < -0.3 is 15.8 Å². The molecule has 4 nitrogen and oxygen atoms in total. The molecule has 0 bridgehead atoms. The molecular weight excluding hydrogens is 214 g/mol. The Bertz CT molecular complexity index is 417. The van der Waals surface area contributed by atoms with Crippen molar-refractivity contribution < 1.29 is 5.21 Å². The van der Waals surface area contributed by atoms with Crippen LogP contribution in [0, 0.1) is 0 Å². The van der Waals surface area contributed by atoms with Gasteiger partial charge in [0.1, 0.15) is 0 Å². The van der Waals surface area contributed by atoms with Crippen LogP contribution < -0.4 is 10.6 Å². The van der Waals surface area contributed by atoms with E-state index in [1.54, 1.807) is 0 Å². The molecule has 1 unspecified atom stereocenters. The number of hydrogen-bond donors (Lipinski definition) is 2. The average Bonchev–Trinajstić information content (AvgIpc) is 2.38. The zero-order valence-corrected chi connectivity index (χ0v) is 10.1. The van der Waals surface area contributed by atoms with Gasteiger partial charge in [0.25, 0.3) is 0 Å². The SMILES string of the molecule is CC1CCCCN1c1ccccc1C(N)=NO. The third kappa shape index (κ3) is 2.35. The van der Waals surface area contributed by atoms with Crippen LogP contribution in [0.5, 0.6) is 0 Å². The summed E-state index contributed by atoms with van der Waals surface area (Å²) in [7, 11) is 0. The molecule has 1 aromatic rings. The highest BCUT2D eigenvalue weighted by molar-refractivity contribution is 6.02. The first-order valence-electron chi connectivity index (χ1n) is 6.07. The minimum Gasteiger partial charge on any atom is -0.409 e. The Hall–Kier alpha value is -1.71. The van der Waals surface area contributed by atoms with E-state index in [0.717, 1.165) is 17.8 Å². The van der Waals surface area contributed by atoms with Crippen molar-refractivity contribution in [3.05, 3.63) is 29.8 Å². The van der Waals surface area contributed by atoms with Crippen LogP contribution in [0.2, 0.25) is 0 Å². The summed E-state index contributed by atoms with van der Waals surface area (Å²) in [6.45, 7) is 3.26. The third-order valence-corrected chi connectivity index (χ3v) is 3.40. The van der Waals surface area contributed by atoms with Gasteiger partial charge >= 0.3 is 0 Å². The lowest BCUT2D eigenvalue weighted by atomic mass is 10.0. The van der Waals surface area contributed by atoms with Crippen LogP contribution in [0.3, 0.4) is 0 Å². The lowest BCUT2D eigenvalue weighted by Crippen LogP contribution is -2.38. The fourth-order valence-corrected chi connectivity index (χ4v) is 2.45. The highest BCUT2D eigenvalue weighted by Crippen LogP contribution is 2.27. The standard InChI is InChI=1S/C13H19N3O/c1-10-6-4-5-9-16(10)12-8-3-2-7-11(12)13(14)15-17/h2-3,7-8,10,17H,4-6,9H2,1H3,(H2,14,15). The van der Waals surface area contributed by atoms with Gasteiger partial charge in [-0.25, -0.2) is 0 Å². The van der Waals surface area contributed by atoms with E-state index in [-0.39, 0.29) is 5.84 Å². The second-order valence-corrected chi connectivity index (χ2v) is 4.54. The van der Waals surface area contributed by atoms with Gasteiger partial charge in [-0.3, -0.25) is 0 Å². The van der Waals surface area contributed by atoms with E-state index in [2.05, 4.69) is 17.0 Å². The molecule has 3 N–H and O–H groups in total. The van der Waals surface area contributed by atoms with Crippen LogP contribution in [-0.2, 0) is 0 Å². The van der Waals surface area contributed by atoms with Crippen molar-refractivity contribution in [3.8, 4) is 0 Å². The minimum atomic E-state index is 0.179. The number of piperidine rings is 1. The molecule has 0 spiro atoms. The summed E-state index contributed by atoms with van der Waals surface area (Å²) >= 11 is 0. The largest absolute Gasteiger partial charge is 0.409 e. The molecule has 1 saturated heterocycles. The minimum absolute atomic E-state index is 0.179. The van der Waals surface area contributed by atoms with Crippen molar-refractivity contribution in [2.24, 2.45) is 10.9 Å². The zero-order valence-electron chi connectivity index (χ0n) is 10.1. The van der Waals surface area contributed by atoms with Crippen molar-refractivity contribution >= 4 is 11.5 Å². The molecule has 92 valence electrons. The zero-order chi connectivity index (χ0) is 12.3. The molecule has 1 aliphatic rings. The van der Waals surface area contributed by atoms with E-state index in [0.29, 0.717) is 6.04 Å². The lowest BCUT2D eigenvalue weighted by molar-refractivity contribution is 0.318. The topological polar surface area (TPSA) is 61.8 Å². The Balaban J connectivity index is 2.37. The molecule has 2 rings (SSSR count). The molecule has 17 heavy (non-hydrogen) atoms. The van der Waals surface area contributed by atoms with Gasteiger partial charge in [-0.1, -0.05) is 17.3 Å². The molecule has 1 aliphatic heterocycles.